The van der Waals surface area contributed by atoms with Gasteiger partial charge in [0.2, 0.25) is 0 Å². The van der Waals surface area contributed by atoms with Crippen LogP contribution in [0.2, 0.25) is 0 Å². The molecule has 3 aromatic rings. The first-order valence-electron chi connectivity index (χ1n) is 10.2. The van der Waals surface area contributed by atoms with Gasteiger partial charge in [-0.05, 0) is 23.3 Å². The van der Waals surface area contributed by atoms with Gasteiger partial charge in [-0.1, -0.05) is 54.6 Å². The quantitative estimate of drug-likeness (QED) is 0.377. The molecule has 0 saturated heterocycles. The number of nitrogens with one attached hydrogen (secondary N) is 2. The predicted molar refractivity (Wildman–Crippen MR) is 123 cm³/mol. The fraction of sp³-hybridized carbons (Fsp3) is 0.250. The summed E-state index contributed by atoms with van der Waals surface area (Å²) in [6.45, 7) is 3.33. The van der Waals surface area contributed by atoms with Crippen LogP contribution in [0.3, 0.4) is 0 Å². The van der Waals surface area contributed by atoms with Crippen molar-refractivity contribution in [3.63, 3.8) is 0 Å². The maximum Gasteiger partial charge on any atom is 0.194 e. The van der Waals surface area contributed by atoms with Crippen LogP contribution in [-0.4, -0.2) is 48.0 Å². The number of aliphatic imine (C=N–C) groups is 1. The zero-order valence-electron chi connectivity index (χ0n) is 17.5. The molecule has 0 unspecified atom stereocenters. The second kappa shape index (κ2) is 9.31. The second-order valence-electron chi connectivity index (χ2n) is 7.41. The highest BCUT2D eigenvalue weighted by molar-refractivity contribution is 5.79. The van der Waals surface area contributed by atoms with Crippen LogP contribution >= 0.6 is 0 Å². The third-order valence-electron chi connectivity index (χ3n) is 5.22. The molecular formula is C24H28N6. The number of hydrogen-bond donors (Lipinski definition) is 2. The molecule has 1 aliphatic heterocycles. The Bertz CT molecular complexity index is 1010. The van der Waals surface area contributed by atoms with Crippen LogP contribution < -0.4 is 10.2 Å². The Morgan fingerprint density at radius 2 is 1.93 bits per heavy atom. The Balaban J connectivity index is 1.35. The first-order chi connectivity index (χ1) is 14.7. The lowest BCUT2D eigenvalue weighted by molar-refractivity contribution is 0.464. The van der Waals surface area contributed by atoms with Crippen LogP contribution in [-0.2, 0) is 13.1 Å². The number of guanidine groups is 1. The zero-order valence-corrected chi connectivity index (χ0v) is 17.5. The summed E-state index contributed by atoms with van der Waals surface area (Å²) in [7, 11) is 3.83. The molecule has 6 heteroatoms. The standard InChI is InChI=1S/C24H28N6/c1-25-24(27-16-19-9-8-12-21(15-19)30-13-6-7-14-30)29(2)18-23-26-17-22(28-23)20-10-4-3-5-11-20/h3-12,15,17H,13-14,16,18H2,1-2H3,(H,25,27)(H,26,28). The maximum absolute atomic E-state index is 4.53. The lowest BCUT2D eigenvalue weighted by atomic mass is 10.2. The van der Waals surface area contributed by atoms with E-state index < -0.39 is 0 Å². The molecule has 2 heterocycles. The summed E-state index contributed by atoms with van der Waals surface area (Å²) in [5, 5.41) is 3.46. The Morgan fingerprint density at radius 3 is 2.70 bits per heavy atom. The summed E-state index contributed by atoms with van der Waals surface area (Å²) in [6.07, 6.45) is 6.30. The van der Waals surface area contributed by atoms with Gasteiger partial charge in [-0.3, -0.25) is 4.99 Å². The van der Waals surface area contributed by atoms with Crippen LogP contribution in [0, 0.1) is 0 Å². The number of aromatic nitrogens is 2. The molecule has 0 bridgehead atoms. The minimum absolute atomic E-state index is 0.645. The fourth-order valence-corrected chi connectivity index (χ4v) is 3.62. The SMILES string of the molecule is CN=C(NCc1cccc(N2CC=CC2)c1)N(C)Cc1ncc(-c2ccccc2)[nH]1. The molecule has 0 aliphatic carbocycles. The molecule has 2 aromatic carbocycles. The minimum atomic E-state index is 0.645. The lowest BCUT2D eigenvalue weighted by Crippen LogP contribution is -2.38. The molecule has 30 heavy (non-hydrogen) atoms. The van der Waals surface area contributed by atoms with Crippen molar-refractivity contribution in [3.05, 3.63) is 84.3 Å². The summed E-state index contributed by atoms with van der Waals surface area (Å²) in [5.74, 6) is 1.74. The van der Waals surface area contributed by atoms with Crippen molar-refractivity contribution in [3.8, 4) is 11.3 Å². The number of rotatable bonds is 6. The van der Waals surface area contributed by atoms with Crippen LogP contribution in [0.1, 0.15) is 11.4 Å². The highest BCUT2D eigenvalue weighted by Crippen LogP contribution is 2.19. The van der Waals surface area contributed by atoms with Crippen LogP contribution in [0.15, 0.2) is 77.9 Å². The summed E-state index contributed by atoms with van der Waals surface area (Å²) >= 11 is 0. The fourth-order valence-electron chi connectivity index (χ4n) is 3.62. The second-order valence-corrected chi connectivity index (χ2v) is 7.41. The molecule has 1 aromatic heterocycles. The van der Waals surface area contributed by atoms with E-state index in [0.717, 1.165) is 42.7 Å². The molecule has 0 radical (unpaired) electrons. The number of aromatic amines is 1. The van der Waals surface area contributed by atoms with Gasteiger partial charge in [0.1, 0.15) is 5.82 Å². The number of hydrogen-bond acceptors (Lipinski definition) is 3. The van der Waals surface area contributed by atoms with Gasteiger partial charge in [-0.25, -0.2) is 4.98 Å². The van der Waals surface area contributed by atoms with Gasteiger partial charge < -0.3 is 20.1 Å². The molecule has 4 rings (SSSR count). The molecule has 1 aliphatic rings. The van der Waals surface area contributed by atoms with Gasteiger partial charge in [0.05, 0.1) is 18.4 Å². The molecule has 2 N–H and O–H groups in total. The molecule has 154 valence electrons. The van der Waals surface area contributed by atoms with Gasteiger partial charge in [0.15, 0.2) is 5.96 Å². The van der Waals surface area contributed by atoms with Gasteiger partial charge in [-0.15, -0.1) is 0 Å². The molecule has 0 fully saturated rings. The van der Waals surface area contributed by atoms with Crippen molar-refractivity contribution < 1.29 is 0 Å². The van der Waals surface area contributed by atoms with Crippen molar-refractivity contribution in [1.82, 2.24) is 20.2 Å². The zero-order chi connectivity index (χ0) is 20.8. The van der Waals surface area contributed by atoms with E-state index in [4.69, 9.17) is 0 Å². The third kappa shape index (κ3) is 4.71. The smallest absolute Gasteiger partial charge is 0.194 e. The Hall–Kier alpha value is -3.54. The molecule has 0 saturated carbocycles. The highest BCUT2D eigenvalue weighted by atomic mass is 15.3. The van der Waals surface area contributed by atoms with E-state index >= 15 is 0 Å². The van der Waals surface area contributed by atoms with Crippen LogP contribution in [0.5, 0.6) is 0 Å². The normalized spacial score (nSPS) is 13.7. The van der Waals surface area contributed by atoms with E-state index in [9.17, 15) is 0 Å². The van der Waals surface area contributed by atoms with Crippen molar-refractivity contribution in [2.24, 2.45) is 4.99 Å². The van der Waals surface area contributed by atoms with Crippen molar-refractivity contribution in [1.29, 1.82) is 0 Å². The first-order valence-corrected chi connectivity index (χ1v) is 10.2. The van der Waals surface area contributed by atoms with E-state index in [0.29, 0.717) is 6.54 Å². The molecular weight excluding hydrogens is 372 g/mol. The molecule has 0 atom stereocenters. The number of anilines is 1. The van der Waals surface area contributed by atoms with Crippen molar-refractivity contribution >= 4 is 11.6 Å². The summed E-state index contributed by atoms with van der Waals surface area (Å²) < 4.78 is 0. The molecule has 6 nitrogen and oxygen atoms in total. The van der Waals surface area contributed by atoms with Gasteiger partial charge in [-0.2, -0.15) is 0 Å². The van der Waals surface area contributed by atoms with Crippen molar-refractivity contribution in [2.75, 3.05) is 32.1 Å². The summed E-state index contributed by atoms with van der Waals surface area (Å²) in [4.78, 5) is 16.8. The van der Waals surface area contributed by atoms with Gasteiger partial charge >= 0.3 is 0 Å². The maximum atomic E-state index is 4.53. The minimum Gasteiger partial charge on any atom is -0.364 e. The highest BCUT2D eigenvalue weighted by Gasteiger charge is 2.11. The third-order valence-corrected chi connectivity index (χ3v) is 5.22. The summed E-state index contributed by atoms with van der Waals surface area (Å²) in [6, 6.07) is 18.9. The van der Waals surface area contributed by atoms with Crippen LogP contribution in [0.25, 0.3) is 11.3 Å². The van der Waals surface area contributed by atoms with E-state index in [1.807, 2.05) is 38.5 Å². The summed E-state index contributed by atoms with van der Waals surface area (Å²) in [5.41, 5.74) is 4.65. The average Bonchev–Trinajstić information content (AvgIpc) is 3.48. The van der Waals surface area contributed by atoms with Gasteiger partial charge in [0, 0.05) is 39.4 Å². The monoisotopic (exact) mass is 400 g/mol. The molecule has 0 amide bonds. The van der Waals surface area contributed by atoms with E-state index in [1.54, 1.807) is 0 Å². The number of H-pyrrole nitrogens is 1. The Kier molecular flexibility index (Phi) is 6.13. The largest absolute Gasteiger partial charge is 0.364 e. The van der Waals surface area contributed by atoms with Crippen LogP contribution in [0.4, 0.5) is 5.69 Å². The first kappa shape index (κ1) is 19.8. The number of nitrogens with zero attached hydrogens (tertiary/aromatic N) is 4. The van der Waals surface area contributed by atoms with E-state index in [2.05, 4.69) is 78.6 Å². The van der Waals surface area contributed by atoms with E-state index in [-0.39, 0.29) is 0 Å². The van der Waals surface area contributed by atoms with Gasteiger partial charge in [0.25, 0.3) is 0 Å². The van der Waals surface area contributed by atoms with E-state index in [1.165, 1.54) is 11.3 Å². The topological polar surface area (TPSA) is 59.6 Å². The average molecular weight is 401 g/mol. The number of benzene rings is 2. The Labute approximate surface area is 178 Å². The lowest BCUT2D eigenvalue weighted by Gasteiger charge is -2.22. The number of imidazole rings is 1. The predicted octanol–water partition coefficient (Wildman–Crippen LogP) is 3.66. The molecule has 0 spiro atoms. The Morgan fingerprint density at radius 1 is 1.13 bits per heavy atom. The van der Waals surface area contributed by atoms with Crippen molar-refractivity contribution in [2.45, 2.75) is 13.1 Å².